The smallest absolute Gasteiger partial charge is 0.337 e. The van der Waals surface area contributed by atoms with E-state index in [1.807, 2.05) is 24.3 Å². The number of benzene rings is 1. The Hall–Kier alpha value is -3.13. The number of methoxy groups -OCH3 is 1. The van der Waals surface area contributed by atoms with Crippen LogP contribution in [0.4, 0.5) is 11.5 Å². The van der Waals surface area contributed by atoms with Crippen molar-refractivity contribution in [3.63, 3.8) is 0 Å². The van der Waals surface area contributed by atoms with Crippen molar-refractivity contribution in [1.82, 2.24) is 10.3 Å². The molecule has 1 aromatic carbocycles. The first-order valence-corrected chi connectivity index (χ1v) is 13.5. The first kappa shape index (κ1) is 24.2. The zero-order valence-electron chi connectivity index (χ0n) is 21.6. The van der Waals surface area contributed by atoms with Gasteiger partial charge in [0.05, 0.1) is 18.3 Å². The number of anilines is 2. The summed E-state index contributed by atoms with van der Waals surface area (Å²) in [6.45, 7) is 4.58. The van der Waals surface area contributed by atoms with E-state index >= 15 is 0 Å². The predicted molar refractivity (Wildman–Crippen MR) is 141 cm³/mol. The van der Waals surface area contributed by atoms with Crippen LogP contribution >= 0.6 is 0 Å². The Bertz CT molecular complexity index is 1170. The number of rotatable bonds is 5. The van der Waals surface area contributed by atoms with Crippen LogP contribution in [-0.4, -0.2) is 66.4 Å². The standard InChI is InChI=1S/C29H36N4O4/c1-18-17-32(23-8-6-20(7-9-23)28(35)37-2)10-11-33(18)25-5-3-4-24(30-25)27(34)31-26-21-12-19-13-22(26)16-29(36,14-19)15-21/h3-9,18-19,21-22,26,36H,10-17H2,1-2H3,(H,31,34)/t18-,19?,21-,22-,26?,29?/m1/s1. The van der Waals surface area contributed by atoms with Crippen LogP contribution < -0.4 is 15.1 Å². The number of carbonyl (C=O) groups is 2. The summed E-state index contributed by atoms with van der Waals surface area (Å²) in [5.74, 6) is 1.74. The van der Waals surface area contributed by atoms with Gasteiger partial charge < -0.3 is 25.0 Å². The highest BCUT2D eigenvalue weighted by Gasteiger charge is 2.55. The van der Waals surface area contributed by atoms with E-state index in [1.165, 1.54) is 7.11 Å². The first-order chi connectivity index (χ1) is 17.8. The normalized spacial score (nSPS) is 32.4. The lowest BCUT2D eigenvalue weighted by Crippen LogP contribution is -2.61. The van der Waals surface area contributed by atoms with Crippen molar-refractivity contribution in [2.24, 2.45) is 17.8 Å². The van der Waals surface area contributed by atoms with E-state index in [0.717, 1.165) is 63.2 Å². The van der Waals surface area contributed by atoms with Crippen LogP contribution in [0.15, 0.2) is 42.5 Å². The Morgan fingerprint density at radius 1 is 1.05 bits per heavy atom. The average molecular weight is 505 g/mol. The SMILES string of the molecule is COC(=O)c1ccc(N2CCN(c3cccc(C(=O)NC4[C@@H]5CC6C[C@@H]4CC(O)(C6)C5)n3)[C@H](C)C2)cc1. The summed E-state index contributed by atoms with van der Waals surface area (Å²) in [7, 11) is 1.39. The molecule has 7 rings (SSSR count). The Labute approximate surface area is 218 Å². The fourth-order valence-electron chi connectivity index (χ4n) is 7.61. The number of aromatic nitrogens is 1. The third-order valence-electron chi connectivity index (χ3n) is 9.08. The van der Waals surface area contributed by atoms with Crippen molar-refractivity contribution in [2.45, 2.75) is 56.7 Å². The molecule has 0 unspecified atom stereocenters. The van der Waals surface area contributed by atoms with Gasteiger partial charge in [-0.2, -0.15) is 0 Å². The minimum atomic E-state index is -0.502. The predicted octanol–water partition coefficient (Wildman–Crippen LogP) is 3.25. The molecule has 4 aliphatic carbocycles. The molecule has 5 fully saturated rings. The van der Waals surface area contributed by atoms with Crippen molar-refractivity contribution in [2.75, 3.05) is 36.5 Å². The highest BCUT2D eigenvalue weighted by Crippen LogP contribution is 2.55. The largest absolute Gasteiger partial charge is 0.465 e. The lowest BCUT2D eigenvalue weighted by Gasteiger charge is -2.58. The number of nitrogens with one attached hydrogen (secondary N) is 1. The Kier molecular flexibility index (Phi) is 6.10. The van der Waals surface area contributed by atoms with Crippen molar-refractivity contribution in [3.05, 3.63) is 53.7 Å². The van der Waals surface area contributed by atoms with Crippen molar-refractivity contribution < 1.29 is 19.4 Å². The molecular formula is C29H36N4O4. The number of aliphatic hydroxyl groups is 1. The third-order valence-corrected chi connectivity index (χ3v) is 9.08. The number of amides is 1. The van der Waals surface area contributed by atoms with Gasteiger partial charge >= 0.3 is 5.97 Å². The van der Waals surface area contributed by atoms with E-state index in [2.05, 4.69) is 22.0 Å². The lowest BCUT2D eigenvalue weighted by molar-refractivity contribution is -0.136. The number of piperazine rings is 1. The van der Waals surface area contributed by atoms with Crippen LogP contribution in [0.1, 0.15) is 59.9 Å². The van der Waals surface area contributed by atoms with Crippen LogP contribution in [0.25, 0.3) is 0 Å². The molecule has 8 heteroatoms. The maximum atomic E-state index is 13.3. The van der Waals surface area contributed by atoms with Gasteiger partial charge in [0.1, 0.15) is 11.5 Å². The molecule has 1 aromatic heterocycles. The van der Waals surface area contributed by atoms with Crippen LogP contribution in [0.5, 0.6) is 0 Å². The molecule has 0 radical (unpaired) electrons. The minimum absolute atomic E-state index is 0.108. The van der Waals surface area contributed by atoms with E-state index in [-0.39, 0.29) is 24.0 Å². The fraction of sp³-hybridized carbons (Fsp3) is 0.552. The van der Waals surface area contributed by atoms with Gasteiger partial charge in [0.25, 0.3) is 5.91 Å². The van der Waals surface area contributed by atoms with Gasteiger partial charge in [-0.15, -0.1) is 0 Å². The molecule has 0 spiro atoms. The molecule has 4 saturated carbocycles. The number of nitrogens with zero attached hydrogens (tertiary/aromatic N) is 3. The lowest BCUT2D eigenvalue weighted by atomic mass is 9.52. The van der Waals surface area contributed by atoms with Crippen LogP contribution in [-0.2, 0) is 4.74 Å². The van der Waals surface area contributed by atoms with Crippen LogP contribution in [0.3, 0.4) is 0 Å². The molecule has 2 heterocycles. The third kappa shape index (κ3) is 4.56. The Morgan fingerprint density at radius 2 is 1.78 bits per heavy atom. The number of esters is 1. The van der Waals surface area contributed by atoms with E-state index in [0.29, 0.717) is 29.0 Å². The second-order valence-electron chi connectivity index (χ2n) is 11.6. The number of ether oxygens (including phenoxy) is 1. The molecular weight excluding hydrogens is 468 g/mol. The first-order valence-electron chi connectivity index (χ1n) is 13.5. The topological polar surface area (TPSA) is 95.0 Å². The number of hydrogen-bond acceptors (Lipinski definition) is 7. The minimum Gasteiger partial charge on any atom is -0.465 e. The fourth-order valence-corrected chi connectivity index (χ4v) is 7.61. The Morgan fingerprint density at radius 3 is 2.43 bits per heavy atom. The second kappa shape index (κ2) is 9.31. The average Bonchev–Trinajstić information content (AvgIpc) is 2.89. The van der Waals surface area contributed by atoms with E-state index < -0.39 is 5.60 Å². The maximum Gasteiger partial charge on any atom is 0.337 e. The molecule has 1 aliphatic heterocycles. The second-order valence-corrected chi connectivity index (χ2v) is 11.6. The molecule has 8 nitrogen and oxygen atoms in total. The molecule has 196 valence electrons. The molecule has 2 N–H and O–H groups in total. The molecule has 1 amide bonds. The summed E-state index contributed by atoms with van der Waals surface area (Å²) < 4.78 is 4.79. The van der Waals surface area contributed by atoms with Gasteiger partial charge in [-0.1, -0.05) is 6.07 Å². The Balaban J connectivity index is 1.10. The van der Waals surface area contributed by atoms with E-state index in [1.54, 1.807) is 18.2 Å². The zero-order valence-corrected chi connectivity index (χ0v) is 21.6. The molecule has 37 heavy (non-hydrogen) atoms. The zero-order chi connectivity index (χ0) is 25.7. The van der Waals surface area contributed by atoms with Gasteiger partial charge in [0, 0.05) is 37.4 Å². The summed E-state index contributed by atoms with van der Waals surface area (Å²) in [5, 5.41) is 14.2. The summed E-state index contributed by atoms with van der Waals surface area (Å²) in [4.78, 5) is 34.3. The maximum absolute atomic E-state index is 13.3. The summed E-state index contributed by atoms with van der Waals surface area (Å²) in [6.07, 6.45) is 4.79. The molecule has 5 aliphatic rings. The highest BCUT2D eigenvalue weighted by atomic mass is 16.5. The molecule has 3 atom stereocenters. The van der Waals surface area contributed by atoms with Gasteiger partial charge in [0.2, 0.25) is 0 Å². The highest BCUT2D eigenvalue weighted by molar-refractivity contribution is 5.93. The summed E-state index contributed by atoms with van der Waals surface area (Å²) >= 11 is 0. The number of pyridine rings is 1. The van der Waals surface area contributed by atoms with Crippen molar-refractivity contribution in [1.29, 1.82) is 0 Å². The van der Waals surface area contributed by atoms with Crippen LogP contribution in [0, 0.1) is 17.8 Å². The van der Waals surface area contributed by atoms with E-state index in [9.17, 15) is 14.7 Å². The van der Waals surface area contributed by atoms with Gasteiger partial charge in [-0.3, -0.25) is 4.79 Å². The van der Waals surface area contributed by atoms with Crippen LogP contribution in [0.2, 0.25) is 0 Å². The molecule has 2 aromatic rings. The van der Waals surface area contributed by atoms with Gasteiger partial charge in [-0.05, 0) is 93.2 Å². The molecule has 1 saturated heterocycles. The van der Waals surface area contributed by atoms with E-state index in [4.69, 9.17) is 9.72 Å². The monoisotopic (exact) mass is 504 g/mol. The number of carbonyl (C=O) groups excluding carboxylic acids is 2. The quantitative estimate of drug-likeness (QED) is 0.604. The number of hydrogen-bond donors (Lipinski definition) is 2. The van der Waals surface area contributed by atoms with Gasteiger partial charge in [0.15, 0.2) is 0 Å². The summed E-state index contributed by atoms with van der Waals surface area (Å²) in [6, 6.07) is 13.5. The van der Waals surface area contributed by atoms with Crippen molar-refractivity contribution in [3.8, 4) is 0 Å². The summed E-state index contributed by atoms with van der Waals surface area (Å²) in [5.41, 5.74) is 1.57. The molecule has 4 bridgehead atoms. The van der Waals surface area contributed by atoms with Crippen molar-refractivity contribution >= 4 is 23.4 Å². The van der Waals surface area contributed by atoms with Gasteiger partial charge in [-0.25, -0.2) is 9.78 Å².